The minimum absolute atomic E-state index is 0.325. The first kappa shape index (κ1) is 10.0. The fourth-order valence-electron chi connectivity index (χ4n) is 1.67. The number of rotatable bonds is 4. The molecule has 0 radical (unpaired) electrons. The second-order valence-corrected chi connectivity index (χ2v) is 4.30. The van der Waals surface area contributed by atoms with Crippen LogP contribution >= 0.6 is 0 Å². The molecule has 0 heterocycles. The van der Waals surface area contributed by atoms with Crippen LogP contribution in [0.15, 0.2) is 0 Å². The van der Waals surface area contributed by atoms with Gasteiger partial charge in [-0.05, 0) is 18.8 Å². The third kappa shape index (κ3) is 3.11. The largest absolute Gasteiger partial charge is 0.326 e. The molecule has 72 valence electrons. The van der Waals surface area contributed by atoms with Gasteiger partial charge in [0.05, 0.1) is 0 Å². The zero-order valence-corrected chi connectivity index (χ0v) is 8.34. The molecular weight excluding hydrogens is 148 g/mol. The fraction of sp³-hybridized carbons (Fsp3) is 1.00. The average Bonchev–Trinajstić information content (AvgIpc) is 2.51. The van der Waals surface area contributed by atoms with E-state index in [-0.39, 0.29) is 0 Å². The Morgan fingerprint density at radius 1 is 1.33 bits per heavy atom. The molecule has 0 aromatic heterocycles. The molecule has 0 amide bonds. The molecule has 1 unspecified atom stereocenters. The maximum absolute atomic E-state index is 5.93. The van der Waals surface area contributed by atoms with Gasteiger partial charge < -0.3 is 11.1 Å². The number of hydrogen-bond donors (Lipinski definition) is 2. The Kier molecular flexibility index (Phi) is 4.02. The number of hydrogen-bond acceptors (Lipinski definition) is 2. The third-order valence-electron chi connectivity index (χ3n) is 2.85. The van der Waals surface area contributed by atoms with Crippen molar-refractivity contribution in [3.8, 4) is 0 Å². The van der Waals surface area contributed by atoms with Crippen molar-refractivity contribution in [2.45, 2.75) is 51.6 Å². The van der Waals surface area contributed by atoms with Gasteiger partial charge in [0.1, 0.15) is 0 Å². The van der Waals surface area contributed by atoms with Crippen LogP contribution in [0.4, 0.5) is 0 Å². The van der Waals surface area contributed by atoms with Crippen LogP contribution in [0.25, 0.3) is 0 Å². The topological polar surface area (TPSA) is 38.0 Å². The Hall–Kier alpha value is -0.0800. The lowest BCUT2D eigenvalue weighted by Gasteiger charge is -2.19. The maximum atomic E-state index is 5.93. The molecular formula is C10H22N2. The Morgan fingerprint density at radius 2 is 1.92 bits per heavy atom. The van der Waals surface area contributed by atoms with Crippen molar-refractivity contribution in [1.29, 1.82) is 0 Å². The minimum atomic E-state index is 0.325. The normalized spacial score (nSPS) is 22.0. The molecule has 1 aliphatic carbocycles. The molecule has 2 heteroatoms. The Bertz CT molecular complexity index is 115. The standard InChI is InChI=1S/C10H22N2/c1-8(2)10(11)7-12-9-5-3-4-6-9/h8-10,12H,3-7,11H2,1-2H3. The molecule has 0 saturated heterocycles. The molecule has 0 spiro atoms. The first-order chi connectivity index (χ1) is 5.70. The van der Waals surface area contributed by atoms with E-state index in [2.05, 4.69) is 19.2 Å². The molecule has 1 rings (SSSR count). The van der Waals surface area contributed by atoms with E-state index in [1.54, 1.807) is 0 Å². The molecule has 0 aromatic carbocycles. The number of nitrogens with one attached hydrogen (secondary N) is 1. The predicted molar refractivity (Wildman–Crippen MR) is 53.1 cm³/mol. The fourth-order valence-corrected chi connectivity index (χ4v) is 1.67. The molecule has 0 aliphatic heterocycles. The SMILES string of the molecule is CC(C)C(N)CNC1CCCC1. The Balaban J connectivity index is 2.07. The highest BCUT2D eigenvalue weighted by atomic mass is 14.9. The van der Waals surface area contributed by atoms with Gasteiger partial charge in [-0.15, -0.1) is 0 Å². The highest BCUT2D eigenvalue weighted by Gasteiger charge is 2.15. The summed E-state index contributed by atoms with van der Waals surface area (Å²) in [5.41, 5.74) is 5.93. The summed E-state index contributed by atoms with van der Waals surface area (Å²) in [5.74, 6) is 0.596. The molecule has 3 N–H and O–H groups in total. The van der Waals surface area contributed by atoms with Crippen LogP contribution < -0.4 is 11.1 Å². The van der Waals surface area contributed by atoms with E-state index < -0.39 is 0 Å². The minimum Gasteiger partial charge on any atom is -0.326 e. The van der Waals surface area contributed by atoms with Gasteiger partial charge in [0.2, 0.25) is 0 Å². The summed E-state index contributed by atoms with van der Waals surface area (Å²) in [6.45, 7) is 5.35. The monoisotopic (exact) mass is 170 g/mol. The summed E-state index contributed by atoms with van der Waals surface area (Å²) in [4.78, 5) is 0. The van der Waals surface area contributed by atoms with Crippen molar-refractivity contribution < 1.29 is 0 Å². The summed E-state index contributed by atoms with van der Waals surface area (Å²) in [6.07, 6.45) is 5.50. The molecule has 1 atom stereocenters. The van der Waals surface area contributed by atoms with E-state index in [1.165, 1.54) is 25.7 Å². The van der Waals surface area contributed by atoms with Gasteiger partial charge in [-0.1, -0.05) is 26.7 Å². The quantitative estimate of drug-likeness (QED) is 0.671. The lowest BCUT2D eigenvalue weighted by molar-refractivity contribution is 0.421. The van der Waals surface area contributed by atoms with Gasteiger partial charge in [-0.25, -0.2) is 0 Å². The molecule has 1 saturated carbocycles. The van der Waals surface area contributed by atoms with E-state index in [1.807, 2.05) is 0 Å². The van der Waals surface area contributed by atoms with Crippen LogP contribution in [0, 0.1) is 5.92 Å². The van der Waals surface area contributed by atoms with E-state index in [9.17, 15) is 0 Å². The zero-order chi connectivity index (χ0) is 8.97. The van der Waals surface area contributed by atoms with Gasteiger partial charge in [-0.3, -0.25) is 0 Å². The molecule has 0 bridgehead atoms. The summed E-state index contributed by atoms with van der Waals surface area (Å²) < 4.78 is 0. The van der Waals surface area contributed by atoms with Crippen molar-refractivity contribution >= 4 is 0 Å². The summed E-state index contributed by atoms with van der Waals surface area (Å²) in [7, 11) is 0. The third-order valence-corrected chi connectivity index (χ3v) is 2.85. The van der Waals surface area contributed by atoms with Crippen LogP contribution in [0.2, 0.25) is 0 Å². The lowest BCUT2D eigenvalue weighted by Crippen LogP contribution is -2.41. The smallest absolute Gasteiger partial charge is 0.0188 e. The van der Waals surface area contributed by atoms with E-state index >= 15 is 0 Å². The van der Waals surface area contributed by atoms with Gasteiger partial charge in [0.25, 0.3) is 0 Å². The van der Waals surface area contributed by atoms with Crippen LogP contribution in [-0.4, -0.2) is 18.6 Å². The second kappa shape index (κ2) is 4.83. The molecule has 1 fully saturated rings. The van der Waals surface area contributed by atoms with Gasteiger partial charge >= 0.3 is 0 Å². The summed E-state index contributed by atoms with van der Waals surface area (Å²) in [5, 5.41) is 3.54. The summed E-state index contributed by atoms with van der Waals surface area (Å²) in [6, 6.07) is 1.08. The molecule has 12 heavy (non-hydrogen) atoms. The Labute approximate surface area is 75.9 Å². The molecule has 1 aliphatic rings. The van der Waals surface area contributed by atoms with Crippen LogP contribution in [0.5, 0.6) is 0 Å². The summed E-state index contributed by atoms with van der Waals surface area (Å²) >= 11 is 0. The van der Waals surface area contributed by atoms with Gasteiger partial charge in [-0.2, -0.15) is 0 Å². The highest BCUT2D eigenvalue weighted by Crippen LogP contribution is 2.17. The van der Waals surface area contributed by atoms with Crippen LogP contribution in [-0.2, 0) is 0 Å². The second-order valence-electron chi connectivity index (χ2n) is 4.30. The van der Waals surface area contributed by atoms with Crippen molar-refractivity contribution in [2.24, 2.45) is 11.7 Å². The zero-order valence-electron chi connectivity index (χ0n) is 8.34. The van der Waals surface area contributed by atoms with E-state index in [0.29, 0.717) is 12.0 Å². The van der Waals surface area contributed by atoms with Gasteiger partial charge in [0.15, 0.2) is 0 Å². The maximum Gasteiger partial charge on any atom is 0.0188 e. The lowest BCUT2D eigenvalue weighted by atomic mass is 10.1. The highest BCUT2D eigenvalue weighted by molar-refractivity contribution is 4.77. The van der Waals surface area contributed by atoms with Crippen molar-refractivity contribution in [3.05, 3.63) is 0 Å². The number of nitrogens with two attached hydrogens (primary N) is 1. The average molecular weight is 170 g/mol. The van der Waals surface area contributed by atoms with E-state index in [4.69, 9.17) is 5.73 Å². The first-order valence-corrected chi connectivity index (χ1v) is 5.19. The van der Waals surface area contributed by atoms with Crippen LogP contribution in [0.1, 0.15) is 39.5 Å². The van der Waals surface area contributed by atoms with E-state index in [0.717, 1.165) is 12.6 Å². The molecule has 2 nitrogen and oxygen atoms in total. The molecule has 0 aromatic rings. The van der Waals surface area contributed by atoms with Gasteiger partial charge in [0, 0.05) is 18.6 Å². The Morgan fingerprint density at radius 3 is 2.42 bits per heavy atom. The first-order valence-electron chi connectivity index (χ1n) is 5.19. The van der Waals surface area contributed by atoms with Crippen molar-refractivity contribution in [3.63, 3.8) is 0 Å². The van der Waals surface area contributed by atoms with Crippen molar-refractivity contribution in [2.75, 3.05) is 6.54 Å². The van der Waals surface area contributed by atoms with Crippen molar-refractivity contribution in [1.82, 2.24) is 5.32 Å². The van der Waals surface area contributed by atoms with Crippen LogP contribution in [0.3, 0.4) is 0 Å². The predicted octanol–water partition coefficient (Wildman–Crippen LogP) is 1.50.